The van der Waals surface area contributed by atoms with E-state index in [0.717, 1.165) is 18.7 Å². The Labute approximate surface area is 132 Å². The van der Waals surface area contributed by atoms with Crippen molar-refractivity contribution in [2.45, 2.75) is 13.1 Å². The zero-order valence-electron chi connectivity index (χ0n) is 9.95. The summed E-state index contributed by atoms with van der Waals surface area (Å²) in [5.74, 6) is -0.0864. The molecule has 0 aliphatic rings. The van der Waals surface area contributed by atoms with E-state index in [1.54, 1.807) is 0 Å². The molecule has 0 saturated heterocycles. The standard InChI is InChI=1S/C13H12Br2N2OS/c14-11-5-10(12(15)19-11)13(18)17-7-9-3-1-8(6-16)2-4-9/h1-5H,6-7,16H2,(H,17,18). The molecule has 6 heteroatoms. The molecular formula is C13H12Br2N2OS. The van der Waals surface area contributed by atoms with Gasteiger partial charge in [-0.15, -0.1) is 11.3 Å². The predicted octanol–water partition coefficient (Wildman–Crippen LogP) is 3.66. The van der Waals surface area contributed by atoms with Gasteiger partial charge in [0, 0.05) is 13.1 Å². The molecule has 0 aliphatic heterocycles. The number of carbonyl (C=O) groups is 1. The van der Waals surface area contributed by atoms with Crippen LogP contribution in [0.15, 0.2) is 37.9 Å². The molecular weight excluding hydrogens is 392 g/mol. The van der Waals surface area contributed by atoms with E-state index in [-0.39, 0.29) is 5.91 Å². The topological polar surface area (TPSA) is 55.1 Å². The van der Waals surface area contributed by atoms with Crippen LogP contribution in [0.2, 0.25) is 0 Å². The van der Waals surface area contributed by atoms with Crippen molar-refractivity contribution in [1.82, 2.24) is 5.32 Å². The Bertz CT molecular complexity index is 581. The average Bonchev–Trinajstić information content (AvgIpc) is 2.75. The molecule has 0 atom stereocenters. The molecule has 0 bridgehead atoms. The van der Waals surface area contributed by atoms with Crippen LogP contribution in [0, 0.1) is 0 Å². The van der Waals surface area contributed by atoms with E-state index in [2.05, 4.69) is 37.2 Å². The van der Waals surface area contributed by atoms with Gasteiger partial charge in [-0.2, -0.15) is 0 Å². The highest BCUT2D eigenvalue weighted by Crippen LogP contribution is 2.31. The summed E-state index contributed by atoms with van der Waals surface area (Å²) in [5.41, 5.74) is 8.32. The van der Waals surface area contributed by atoms with Crippen LogP contribution in [0.5, 0.6) is 0 Å². The van der Waals surface area contributed by atoms with Crippen LogP contribution >= 0.6 is 43.2 Å². The molecule has 1 aromatic heterocycles. The van der Waals surface area contributed by atoms with Gasteiger partial charge in [0.15, 0.2) is 0 Å². The number of thiophene rings is 1. The number of nitrogens with two attached hydrogens (primary N) is 1. The van der Waals surface area contributed by atoms with Crippen molar-refractivity contribution in [1.29, 1.82) is 0 Å². The second-order valence-electron chi connectivity index (χ2n) is 3.94. The van der Waals surface area contributed by atoms with Gasteiger partial charge in [-0.1, -0.05) is 24.3 Å². The lowest BCUT2D eigenvalue weighted by atomic mass is 10.1. The first-order valence-electron chi connectivity index (χ1n) is 5.61. The summed E-state index contributed by atoms with van der Waals surface area (Å²) in [4.78, 5) is 12.0. The third kappa shape index (κ3) is 3.89. The lowest BCUT2D eigenvalue weighted by Crippen LogP contribution is -2.22. The minimum absolute atomic E-state index is 0.0864. The first-order chi connectivity index (χ1) is 9.10. The number of rotatable bonds is 4. The van der Waals surface area contributed by atoms with Crippen LogP contribution in [0.3, 0.4) is 0 Å². The van der Waals surface area contributed by atoms with Gasteiger partial charge in [-0.3, -0.25) is 4.79 Å². The lowest BCUT2D eigenvalue weighted by Gasteiger charge is -2.05. The summed E-state index contributed by atoms with van der Waals surface area (Å²) in [5, 5.41) is 2.89. The van der Waals surface area contributed by atoms with Gasteiger partial charge in [0.2, 0.25) is 0 Å². The van der Waals surface area contributed by atoms with Crippen LogP contribution in [0.4, 0.5) is 0 Å². The number of hydrogen-bond acceptors (Lipinski definition) is 3. The molecule has 2 rings (SSSR count). The third-order valence-corrected chi connectivity index (χ3v) is 4.95. The Morgan fingerprint density at radius 3 is 2.37 bits per heavy atom. The fourth-order valence-electron chi connectivity index (χ4n) is 1.57. The van der Waals surface area contributed by atoms with E-state index in [0.29, 0.717) is 18.7 Å². The van der Waals surface area contributed by atoms with E-state index in [1.165, 1.54) is 11.3 Å². The summed E-state index contributed by atoms with van der Waals surface area (Å²) in [7, 11) is 0. The van der Waals surface area contributed by atoms with Crippen LogP contribution in [-0.2, 0) is 13.1 Å². The number of halogens is 2. The maximum absolute atomic E-state index is 12.0. The fraction of sp³-hybridized carbons (Fsp3) is 0.154. The van der Waals surface area contributed by atoms with Crippen molar-refractivity contribution in [2.75, 3.05) is 0 Å². The van der Waals surface area contributed by atoms with Crippen LogP contribution in [0.1, 0.15) is 21.5 Å². The largest absolute Gasteiger partial charge is 0.348 e. The number of benzene rings is 1. The Morgan fingerprint density at radius 1 is 1.21 bits per heavy atom. The molecule has 1 aromatic carbocycles. The molecule has 100 valence electrons. The van der Waals surface area contributed by atoms with Crippen LogP contribution in [0.25, 0.3) is 0 Å². The molecule has 0 saturated carbocycles. The van der Waals surface area contributed by atoms with E-state index in [4.69, 9.17) is 5.73 Å². The highest BCUT2D eigenvalue weighted by molar-refractivity contribution is 9.12. The van der Waals surface area contributed by atoms with Crippen LogP contribution < -0.4 is 11.1 Å². The molecule has 0 aliphatic carbocycles. The quantitative estimate of drug-likeness (QED) is 0.818. The van der Waals surface area contributed by atoms with Crippen molar-refractivity contribution < 1.29 is 4.79 Å². The number of carbonyl (C=O) groups excluding carboxylic acids is 1. The second-order valence-corrected chi connectivity index (χ2v) is 7.69. The molecule has 0 fully saturated rings. The maximum Gasteiger partial charge on any atom is 0.253 e. The highest BCUT2D eigenvalue weighted by Gasteiger charge is 2.13. The number of hydrogen-bond donors (Lipinski definition) is 2. The molecule has 0 unspecified atom stereocenters. The van der Waals surface area contributed by atoms with Gasteiger partial charge in [0.25, 0.3) is 5.91 Å². The molecule has 0 spiro atoms. The second kappa shape index (κ2) is 6.65. The molecule has 2 aromatic rings. The Morgan fingerprint density at radius 2 is 1.84 bits per heavy atom. The van der Waals surface area contributed by atoms with Gasteiger partial charge in [-0.25, -0.2) is 0 Å². The van der Waals surface area contributed by atoms with Gasteiger partial charge in [-0.05, 0) is 49.1 Å². The SMILES string of the molecule is NCc1ccc(CNC(=O)c2cc(Br)sc2Br)cc1. The highest BCUT2D eigenvalue weighted by atomic mass is 79.9. The summed E-state index contributed by atoms with van der Waals surface area (Å²) < 4.78 is 1.76. The lowest BCUT2D eigenvalue weighted by molar-refractivity contribution is 0.0950. The van der Waals surface area contributed by atoms with E-state index in [9.17, 15) is 4.79 Å². The molecule has 0 radical (unpaired) electrons. The Hall–Kier alpha value is -0.690. The maximum atomic E-state index is 12.0. The smallest absolute Gasteiger partial charge is 0.253 e. The van der Waals surface area contributed by atoms with Gasteiger partial charge in [0.05, 0.1) is 13.1 Å². The Kier molecular flexibility index (Phi) is 5.15. The first-order valence-corrected chi connectivity index (χ1v) is 8.01. The third-order valence-electron chi connectivity index (χ3n) is 2.61. The summed E-state index contributed by atoms with van der Waals surface area (Å²) in [6.45, 7) is 1.03. The number of nitrogens with one attached hydrogen (secondary N) is 1. The summed E-state index contributed by atoms with van der Waals surface area (Å²) in [6, 6.07) is 9.70. The van der Waals surface area contributed by atoms with E-state index >= 15 is 0 Å². The molecule has 3 N–H and O–H groups in total. The van der Waals surface area contributed by atoms with Crippen molar-refractivity contribution in [3.05, 3.63) is 54.6 Å². The minimum atomic E-state index is -0.0864. The predicted molar refractivity (Wildman–Crippen MR) is 85.2 cm³/mol. The van der Waals surface area contributed by atoms with E-state index in [1.807, 2.05) is 30.3 Å². The molecule has 1 amide bonds. The minimum Gasteiger partial charge on any atom is -0.348 e. The van der Waals surface area contributed by atoms with Crippen molar-refractivity contribution in [3.8, 4) is 0 Å². The molecule has 19 heavy (non-hydrogen) atoms. The average molecular weight is 404 g/mol. The normalized spacial score (nSPS) is 10.5. The number of amides is 1. The summed E-state index contributed by atoms with van der Waals surface area (Å²) >= 11 is 8.22. The van der Waals surface area contributed by atoms with Gasteiger partial charge >= 0.3 is 0 Å². The van der Waals surface area contributed by atoms with E-state index < -0.39 is 0 Å². The van der Waals surface area contributed by atoms with Crippen molar-refractivity contribution in [2.24, 2.45) is 5.73 Å². The van der Waals surface area contributed by atoms with Gasteiger partial charge in [0.1, 0.15) is 0 Å². The van der Waals surface area contributed by atoms with Gasteiger partial charge < -0.3 is 11.1 Å². The van der Waals surface area contributed by atoms with Crippen molar-refractivity contribution in [3.63, 3.8) is 0 Å². The zero-order chi connectivity index (χ0) is 13.8. The van der Waals surface area contributed by atoms with Crippen LogP contribution in [-0.4, -0.2) is 5.91 Å². The molecule has 3 nitrogen and oxygen atoms in total. The Balaban J connectivity index is 1.98. The summed E-state index contributed by atoms with van der Waals surface area (Å²) in [6.07, 6.45) is 0. The monoisotopic (exact) mass is 402 g/mol. The van der Waals surface area contributed by atoms with Crippen molar-refractivity contribution >= 4 is 49.1 Å². The molecule has 1 heterocycles. The first kappa shape index (κ1) is 14.7. The zero-order valence-corrected chi connectivity index (χ0v) is 13.9. The fourth-order valence-corrected chi connectivity index (χ4v) is 4.36.